The number of anilines is 2. The second kappa shape index (κ2) is 9.43. The average molecular weight is 400 g/mol. The summed E-state index contributed by atoms with van der Waals surface area (Å²) in [4.78, 5) is 27.3. The van der Waals surface area contributed by atoms with Gasteiger partial charge in [-0.3, -0.25) is 0 Å². The van der Waals surface area contributed by atoms with Crippen molar-refractivity contribution in [1.29, 1.82) is 0 Å². The summed E-state index contributed by atoms with van der Waals surface area (Å²) < 4.78 is 5.89. The first-order chi connectivity index (χ1) is 13.9. The van der Waals surface area contributed by atoms with Crippen LogP contribution in [0.4, 0.5) is 11.8 Å². The van der Waals surface area contributed by atoms with Crippen molar-refractivity contribution in [1.82, 2.24) is 24.9 Å². The van der Waals surface area contributed by atoms with Crippen LogP contribution in [0.15, 0.2) is 12.3 Å². The molecule has 0 N–H and O–H groups in total. The number of nitrogens with zero attached hydrogens (tertiary/aromatic N) is 7. The molecule has 0 amide bonds. The lowest BCUT2D eigenvalue weighted by atomic mass is 10.1. The van der Waals surface area contributed by atoms with E-state index in [1.54, 1.807) is 0 Å². The quantitative estimate of drug-likeness (QED) is 0.656. The number of ether oxygens (including phenoxy) is 1. The number of aryl methyl sites for hydroxylation is 2. The van der Waals surface area contributed by atoms with Crippen molar-refractivity contribution in [3.8, 4) is 0 Å². The largest absolute Gasteiger partial charge is 0.371 e. The number of piperazine rings is 1. The lowest BCUT2D eigenvalue weighted by molar-refractivity contribution is 0.0578. The van der Waals surface area contributed by atoms with Crippen molar-refractivity contribution in [3.05, 3.63) is 29.7 Å². The van der Waals surface area contributed by atoms with Gasteiger partial charge in [0.15, 0.2) is 5.82 Å². The van der Waals surface area contributed by atoms with E-state index in [0.717, 1.165) is 61.8 Å². The minimum Gasteiger partial charge on any atom is -0.371 e. The van der Waals surface area contributed by atoms with Crippen LogP contribution in [-0.2, 0) is 4.74 Å². The van der Waals surface area contributed by atoms with Gasteiger partial charge in [-0.2, -0.15) is 9.97 Å². The predicted octanol–water partition coefficient (Wildman–Crippen LogP) is 3.26. The molecule has 3 heterocycles. The van der Waals surface area contributed by atoms with Gasteiger partial charge in [-0.25, -0.2) is 15.0 Å². The van der Waals surface area contributed by atoms with Crippen molar-refractivity contribution in [2.24, 2.45) is 0 Å². The summed E-state index contributed by atoms with van der Waals surface area (Å²) in [6, 6.07) is 2.51. The summed E-state index contributed by atoms with van der Waals surface area (Å²) in [5, 5.41) is 0. The van der Waals surface area contributed by atoms with E-state index < -0.39 is 0 Å². The summed E-state index contributed by atoms with van der Waals surface area (Å²) in [5.41, 5.74) is 0. The molecule has 158 valence electrons. The van der Waals surface area contributed by atoms with E-state index in [-0.39, 0.29) is 18.2 Å². The Balaban J connectivity index is 1.74. The molecule has 0 bridgehead atoms. The molecule has 0 spiro atoms. The molecule has 0 aliphatic carbocycles. The molecule has 1 aliphatic rings. The fourth-order valence-electron chi connectivity index (χ4n) is 3.86. The van der Waals surface area contributed by atoms with Gasteiger partial charge in [0.1, 0.15) is 23.6 Å². The van der Waals surface area contributed by atoms with Crippen molar-refractivity contribution < 1.29 is 4.74 Å². The Morgan fingerprint density at radius 3 is 2.34 bits per heavy atom. The van der Waals surface area contributed by atoms with Crippen LogP contribution in [0.3, 0.4) is 0 Å². The molecule has 1 fully saturated rings. The summed E-state index contributed by atoms with van der Waals surface area (Å²) in [6.45, 7) is 14.8. The smallest absolute Gasteiger partial charge is 0.228 e. The molecular formula is C21H33N7O. The SMILES string of the molecule is CCCCO[C@@H](C)c1nccc(N2[C@H](C)CN(c3nc(C)nc(C)n3)C[C@@H]2C)n1. The number of aromatic nitrogens is 5. The van der Waals surface area contributed by atoms with Gasteiger partial charge in [0.25, 0.3) is 0 Å². The Hall–Kier alpha value is -2.35. The van der Waals surface area contributed by atoms with Gasteiger partial charge in [-0.05, 0) is 47.1 Å². The van der Waals surface area contributed by atoms with Gasteiger partial charge in [0.05, 0.1) is 0 Å². The number of rotatable bonds is 7. The maximum absolute atomic E-state index is 5.89. The highest BCUT2D eigenvalue weighted by Crippen LogP contribution is 2.26. The zero-order valence-electron chi connectivity index (χ0n) is 18.5. The van der Waals surface area contributed by atoms with Crippen LogP contribution in [0, 0.1) is 13.8 Å². The van der Waals surface area contributed by atoms with Crippen LogP contribution in [0.1, 0.15) is 64.1 Å². The van der Waals surface area contributed by atoms with Gasteiger partial charge in [0.2, 0.25) is 5.95 Å². The molecule has 2 aromatic rings. The lowest BCUT2D eigenvalue weighted by Crippen LogP contribution is -2.57. The minimum absolute atomic E-state index is 0.107. The summed E-state index contributed by atoms with van der Waals surface area (Å²) in [6.07, 6.45) is 3.90. The van der Waals surface area contributed by atoms with E-state index >= 15 is 0 Å². The van der Waals surface area contributed by atoms with Crippen LogP contribution in [0.5, 0.6) is 0 Å². The molecule has 29 heavy (non-hydrogen) atoms. The fourth-order valence-corrected chi connectivity index (χ4v) is 3.86. The zero-order chi connectivity index (χ0) is 21.0. The average Bonchev–Trinajstić information content (AvgIpc) is 2.67. The molecule has 2 aromatic heterocycles. The highest BCUT2D eigenvalue weighted by molar-refractivity contribution is 5.45. The fraction of sp³-hybridized carbons (Fsp3) is 0.667. The second-order valence-corrected chi connectivity index (χ2v) is 7.88. The van der Waals surface area contributed by atoms with Crippen LogP contribution in [-0.4, -0.2) is 56.7 Å². The number of hydrogen-bond acceptors (Lipinski definition) is 8. The highest BCUT2D eigenvalue weighted by atomic mass is 16.5. The van der Waals surface area contributed by atoms with Crippen LogP contribution >= 0.6 is 0 Å². The molecule has 0 saturated carbocycles. The lowest BCUT2D eigenvalue weighted by Gasteiger charge is -2.45. The molecule has 3 rings (SSSR count). The predicted molar refractivity (Wildman–Crippen MR) is 114 cm³/mol. The molecule has 0 unspecified atom stereocenters. The third kappa shape index (κ3) is 5.18. The number of hydrogen-bond donors (Lipinski definition) is 0. The van der Waals surface area contributed by atoms with Crippen molar-refractivity contribution >= 4 is 11.8 Å². The Kier molecular flexibility index (Phi) is 6.95. The molecule has 1 saturated heterocycles. The van der Waals surface area contributed by atoms with E-state index in [2.05, 4.69) is 50.5 Å². The third-order valence-corrected chi connectivity index (χ3v) is 5.20. The van der Waals surface area contributed by atoms with Crippen LogP contribution in [0.2, 0.25) is 0 Å². The maximum atomic E-state index is 5.89. The van der Waals surface area contributed by atoms with Crippen molar-refractivity contribution in [3.63, 3.8) is 0 Å². The first kappa shape index (κ1) is 21.4. The molecule has 0 radical (unpaired) electrons. The van der Waals surface area contributed by atoms with Crippen LogP contribution in [0.25, 0.3) is 0 Å². The van der Waals surface area contributed by atoms with Crippen LogP contribution < -0.4 is 9.80 Å². The Bertz CT molecular complexity index is 783. The Labute approximate surface area is 173 Å². The third-order valence-electron chi connectivity index (χ3n) is 5.20. The molecule has 1 aliphatic heterocycles. The summed E-state index contributed by atoms with van der Waals surface area (Å²) in [7, 11) is 0. The van der Waals surface area contributed by atoms with Gasteiger partial charge in [-0.15, -0.1) is 0 Å². The first-order valence-electron chi connectivity index (χ1n) is 10.6. The van der Waals surface area contributed by atoms with Gasteiger partial charge in [0, 0.05) is 38.0 Å². The van der Waals surface area contributed by atoms with E-state index in [9.17, 15) is 0 Å². The standard InChI is InChI=1S/C21H33N7O/c1-7-8-11-29-16(4)20-22-10-9-19(26-20)28-14(2)12-27(13-15(28)3)21-24-17(5)23-18(6)25-21/h9-10,14-16H,7-8,11-13H2,1-6H3/t14-,15+,16-/m0/s1. The molecule has 3 atom stereocenters. The molecule has 8 nitrogen and oxygen atoms in total. The first-order valence-corrected chi connectivity index (χ1v) is 10.6. The monoisotopic (exact) mass is 399 g/mol. The number of unbranched alkanes of at least 4 members (excludes halogenated alkanes) is 1. The molecule has 8 heteroatoms. The van der Waals surface area contributed by atoms with E-state index in [0.29, 0.717) is 0 Å². The summed E-state index contributed by atoms with van der Waals surface area (Å²) >= 11 is 0. The minimum atomic E-state index is -0.107. The normalized spacial score (nSPS) is 20.8. The Morgan fingerprint density at radius 2 is 1.72 bits per heavy atom. The zero-order valence-corrected chi connectivity index (χ0v) is 18.5. The molecule has 0 aromatic carbocycles. The Morgan fingerprint density at radius 1 is 1.07 bits per heavy atom. The van der Waals surface area contributed by atoms with Gasteiger partial charge < -0.3 is 14.5 Å². The van der Waals surface area contributed by atoms with E-state index in [4.69, 9.17) is 9.72 Å². The maximum Gasteiger partial charge on any atom is 0.228 e. The van der Waals surface area contributed by atoms with Crippen molar-refractivity contribution in [2.45, 2.75) is 72.6 Å². The topological polar surface area (TPSA) is 80.2 Å². The highest BCUT2D eigenvalue weighted by Gasteiger charge is 2.32. The van der Waals surface area contributed by atoms with Crippen molar-refractivity contribution in [2.75, 3.05) is 29.5 Å². The van der Waals surface area contributed by atoms with Gasteiger partial charge >= 0.3 is 0 Å². The van der Waals surface area contributed by atoms with Gasteiger partial charge in [-0.1, -0.05) is 13.3 Å². The molecular weight excluding hydrogens is 366 g/mol. The summed E-state index contributed by atoms with van der Waals surface area (Å²) in [5.74, 6) is 3.96. The van der Waals surface area contributed by atoms with E-state index in [1.165, 1.54) is 0 Å². The second-order valence-electron chi connectivity index (χ2n) is 7.88. The van der Waals surface area contributed by atoms with E-state index in [1.807, 2.05) is 33.0 Å².